The molecule has 0 spiro atoms. The number of rotatable bonds is 7. The molecule has 0 bridgehead atoms. The molecule has 1 heterocycles. The molecule has 6 heteroatoms. The smallest absolute Gasteiger partial charge is 0.272 e. The van der Waals surface area contributed by atoms with E-state index < -0.39 is 0 Å². The maximum absolute atomic E-state index is 12.7. The van der Waals surface area contributed by atoms with Crippen LogP contribution in [0.3, 0.4) is 0 Å². The van der Waals surface area contributed by atoms with E-state index in [-0.39, 0.29) is 5.91 Å². The molecular weight excluding hydrogens is 268 g/mol. The molecule has 1 fully saturated rings. The summed E-state index contributed by atoms with van der Waals surface area (Å²) in [6, 6.07) is 2.06. The van der Waals surface area contributed by atoms with E-state index in [0.29, 0.717) is 24.2 Å². The third kappa shape index (κ3) is 4.20. The number of likely N-dealkylation sites (N-methyl/N-ethyl adjacent to an activating group) is 1. The summed E-state index contributed by atoms with van der Waals surface area (Å²) < 4.78 is 5.32. The average molecular weight is 294 g/mol. The van der Waals surface area contributed by atoms with Crippen molar-refractivity contribution in [3.05, 3.63) is 11.8 Å². The maximum Gasteiger partial charge on any atom is 0.272 e. The molecule has 6 nitrogen and oxygen atoms in total. The number of H-pyrrole nitrogens is 1. The van der Waals surface area contributed by atoms with Crippen LogP contribution >= 0.6 is 0 Å². The minimum absolute atomic E-state index is 0.0298. The normalized spacial score (nSPS) is 15.6. The Hall–Kier alpha value is -1.56. The van der Waals surface area contributed by atoms with Crippen molar-refractivity contribution < 1.29 is 9.53 Å². The van der Waals surface area contributed by atoms with Crippen LogP contribution in [0.25, 0.3) is 0 Å². The van der Waals surface area contributed by atoms with Crippen LogP contribution in [0.1, 0.15) is 43.1 Å². The Morgan fingerprint density at radius 3 is 2.71 bits per heavy atom. The molecular formula is C15H26N4O2. The zero-order chi connectivity index (χ0) is 15.2. The van der Waals surface area contributed by atoms with Crippen molar-refractivity contribution in [2.75, 3.05) is 33.8 Å². The number of nitrogens with zero attached hydrogens (tertiary/aromatic N) is 3. The maximum atomic E-state index is 12.7. The molecule has 2 rings (SSSR count). The van der Waals surface area contributed by atoms with Gasteiger partial charge in [-0.25, -0.2) is 0 Å². The van der Waals surface area contributed by atoms with E-state index in [0.717, 1.165) is 25.9 Å². The van der Waals surface area contributed by atoms with E-state index in [2.05, 4.69) is 15.1 Å². The summed E-state index contributed by atoms with van der Waals surface area (Å²) in [7, 11) is 4.06. The molecule has 1 aromatic rings. The van der Waals surface area contributed by atoms with E-state index in [4.69, 9.17) is 4.74 Å². The molecule has 0 radical (unpaired) electrons. The molecule has 21 heavy (non-hydrogen) atoms. The van der Waals surface area contributed by atoms with Crippen molar-refractivity contribution >= 4 is 5.91 Å². The van der Waals surface area contributed by atoms with Crippen LogP contribution in [0, 0.1) is 0 Å². The van der Waals surface area contributed by atoms with Gasteiger partial charge in [-0.1, -0.05) is 12.8 Å². The summed E-state index contributed by atoms with van der Waals surface area (Å²) in [4.78, 5) is 16.8. The largest absolute Gasteiger partial charge is 0.477 e. The van der Waals surface area contributed by atoms with Gasteiger partial charge >= 0.3 is 0 Å². The molecule has 118 valence electrons. The highest BCUT2D eigenvalue weighted by Gasteiger charge is 2.28. The van der Waals surface area contributed by atoms with Gasteiger partial charge in [0, 0.05) is 25.2 Å². The minimum Gasteiger partial charge on any atom is -0.477 e. The first kappa shape index (κ1) is 15.8. The number of amides is 1. The SMILES string of the molecule is CCOc1cc(C(=O)N(CCN(C)C)C2CCCC2)[nH]n1. The summed E-state index contributed by atoms with van der Waals surface area (Å²) in [6.45, 7) is 4.07. The van der Waals surface area contributed by atoms with Crippen LogP contribution in [0.4, 0.5) is 0 Å². The molecule has 1 N–H and O–H groups in total. The van der Waals surface area contributed by atoms with E-state index >= 15 is 0 Å². The van der Waals surface area contributed by atoms with Gasteiger partial charge in [-0.2, -0.15) is 0 Å². The lowest BCUT2D eigenvalue weighted by molar-refractivity contribution is 0.0661. The highest BCUT2D eigenvalue weighted by Crippen LogP contribution is 2.25. The first-order valence-electron chi connectivity index (χ1n) is 7.75. The number of hydrogen-bond donors (Lipinski definition) is 1. The van der Waals surface area contributed by atoms with Crippen molar-refractivity contribution in [3.63, 3.8) is 0 Å². The number of aromatic amines is 1. The molecule has 0 saturated heterocycles. The van der Waals surface area contributed by atoms with Crippen LogP contribution < -0.4 is 4.74 Å². The number of aromatic nitrogens is 2. The fourth-order valence-corrected chi connectivity index (χ4v) is 2.76. The summed E-state index contributed by atoms with van der Waals surface area (Å²) in [5, 5.41) is 6.83. The lowest BCUT2D eigenvalue weighted by atomic mass is 10.2. The molecule has 0 aliphatic heterocycles. The summed E-state index contributed by atoms with van der Waals surface area (Å²) in [5.41, 5.74) is 0.518. The quantitative estimate of drug-likeness (QED) is 0.832. The molecule has 1 aliphatic carbocycles. The molecule has 1 amide bonds. The Bertz CT molecular complexity index is 452. The first-order chi connectivity index (χ1) is 10.1. The van der Waals surface area contributed by atoms with Gasteiger partial charge in [0.25, 0.3) is 5.91 Å². The van der Waals surface area contributed by atoms with E-state index in [1.165, 1.54) is 12.8 Å². The standard InChI is InChI=1S/C15H26N4O2/c1-4-21-14-11-13(16-17-14)15(20)19(10-9-18(2)3)12-7-5-6-8-12/h11-12H,4-10H2,1-3H3,(H,16,17). The van der Waals surface area contributed by atoms with Crippen molar-refractivity contribution in [2.45, 2.75) is 38.6 Å². The van der Waals surface area contributed by atoms with Crippen molar-refractivity contribution in [1.29, 1.82) is 0 Å². The van der Waals surface area contributed by atoms with Gasteiger partial charge in [-0.3, -0.25) is 9.89 Å². The van der Waals surface area contributed by atoms with Gasteiger partial charge < -0.3 is 14.5 Å². The van der Waals surface area contributed by atoms with Gasteiger partial charge in [0.1, 0.15) is 5.69 Å². The zero-order valence-electron chi connectivity index (χ0n) is 13.3. The van der Waals surface area contributed by atoms with Crippen molar-refractivity contribution in [3.8, 4) is 5.88 Å². The summed E-state index contributed by atoms with van der Waals surface area (Å²) in [6.07, 6.45) is 4.63. The fraction of sp³-hybridized carbons (Fsp3) is 0.733. The van der Waals surface area contributed by atoms with Crippen LogP contribution in [0.5, 0.6) is 5.88 Å². The number of hydrogen-bond acceptors (Lipinski definition) is 4. The Morgan fingerprint density at radius 2 is 2.10 bits per heavy atom. The minimum atomic E-state index is 0.0298. The molecule has 1 saturated carbocycles. The van der Waals surface area contributed by atoms with Gasteiger partial charge in [0.05, 0.1) is 6.61 Å². The Kier molecular flexibility index (Phi) is 5.61. The number of ether oxygens (including phenoxy) is 1. The van der Waals surface area contributed by atoms with Crippen molar-refractivity contribution in [2.24, 2.45) is 0 Å². The lowest BCUT2D eigenvalue weighted by Gasteiger charge is -2.29. The van der Waals surface area contributed by atoms with Crippen LogP contribution in [0.15, 0.2) is 6.07 Å². The van der Waals surface area contributed by atoms with Crippen molar-refractivity contribution in [1.82, 2.24) is 20.0 Å². The zero-order valence-corrected chi connectivity index (χ0v) is 13.3. The Balaban J connectivity index is 2.07. The summed E-state index contributed by atoms with van der Waals surface area (Å²) >= 11 is 0. The van der Waals surface area contributed by atoms with Crippen LogP contribution in [0.2, 0.25) is 0 Å². The number of nitrogens with one attached hydrogen (secondary N) is 1. The predicted octanol–water partition coefficient (Wildman–Crippen LogP) is 1.75. The third-order valence-corrected chi connectivity index (χ3v) is 3.89. The second kappa shape index (κ2) is 7.45. The van der Waals surface area contributed by atoms with Crippen LogP contribution in [-0.2, 0) is 0 Å². The summed E-state index contributed by atoms with van der Waals surface area (Å²) in [5.74, 6) is 0.516. The van der Waals surface area contributed by atoms with E-state index in [1.807, 2.05) is 25.9 Å². The second-order valence-corrected chi connectivity index (χ2v) is 5.79. The van der Waals surface area contributed by atoms with Gasteiger partial charge in [0.2, 0.25) is 5.88 Å². The lowest BCUT2D eigenvalue weighted by Crippen LogP contribution is -2.42. The number of carbonyl (C=O) groups is 1. The van der Waals surface area contributed by atoms with Gasteiger partial charge in [-0.05, 0) is 33.9 Å². The Morgan fingerprint density at radius 1 is 1.38 bits per heavy atom. The van der Waals surface area contributed by atoms with E-state index in [1.54, 1.807) is 6.07 Å². The van der Waals surface area contributed by atoms with Crippen LogP contribution in [-0.4, -0.2) is 65.7 Å². The predicted molar refractivity (Wildman–Crippen MR) is 81.6 cm³/mol. The molecule has 0 atom stereocenters. The fourth-order valence-electron chi connectivity index (χ4n) is 2.76. The molecule has 1 aromatic heterocycles. The monoisotopic (exact) mass is 294 g/mol. The van der Waals surface area contributed by atoms with Gasteiger partial charge in [0.15, 0.2) is 0 Å². The van der Waals surface area contributed by atoms with Gasteiger partial charge in [-0.15, -0.1) is 5.10 Å². The highest BCUT2D eigenvalue weighted by molar-refractivity contribution is 5.92. The second-order valence-electron chi connectivity index (χ2n) is 5.79. The first-order valence-corrected chi connectivity index (χ1v) is 7.75. The number of carbonyl (C=O) groups excluding carboxylic acids is 1. The molecule has 0 unspecified atom stereocenters. The third-order valence-electron chi connectivity index (χ3n) is 3.89. The Labute approximate surface area is 126 Å². The molecule has 0 aromatic carbocycles. The van der Waals surface area contributed by atoms with E-state index in [9.17, 15) is 4.79 Å². The highest BCUT2D eigenvalue weighted by atomic mass is 16.5. The average Bonchev–Trinajstić information content (AvgIpc) is 3.10. The topological polar surface area (TPSA) is 61.5 Å². The molecule has 1 aliphatic rings.